The van der Waals surface area contributed by atoms with E-state index in [9.17, 15) is 9.90 Å². The third kappa shape index (κ3) is 3.33. The SMILES string of the molecule is COc1cccc(C(=O)N2C[C@H]3C[C@@H](n4cnc5ccccc54)[C@H](O)C[C@H]3C2)c1OC. The molecule has 162 valence electrons. The lowest BCUT2D eigenvalue weighted by molar-refractivity contribution is 0.0374. The van der Waals surface area contributed by atoms with E-state index < -0.39 is 6.10 Å². The second kappa shape index (κ2) is 7.89. The van der Waals surface area contributed by atoms with Gasteiger partial charge in [0.1, 0.15) is 0 Å². The van der Waals surface area contributed by atoms with E-state index in [0.717, 1.165) is 17.5 Å². The maximum Gasteiger partial charge on any atom is 0.257 e. The number of rotatable bonds is 4. The number of carbonyl (C=O) groups excluding carboxylic acids is 1. The van der Waals surface area contributed by atoms with Gasteiger partial charge in [0.2, 0.25) is 0 Å². The van der Waals surface area contributed by atoms with Crippen molar-refractivity contribution in [3.05, 3.63) is 54.4 Å². The number of para-hydroxylation sites is 3. The Bertz CT molecular complexity index is 1110. The van der Waals surface area contributed by atoms with Crippen molar-refractivity contribution in [3.8, 4) is 11.5 Å². The number of hydrogen-bond acceptors (Lipinski definition) is 5. The lowest BCUT2D eigenvalue weighted by atomic mass is 9.77. The summed E-state index contributed by atoms with van der Waals surface area (Å²) in [5, 5.41) is 11.0. The summed E-state index contributed by atoms with van der Waals surface area (Å²) in [7, 11) is 3.12. The lowest BCUT2D eigenvalue weighted by Crippen LogP contribution is -2.36. The van der Waals surface area contributed by atoms with E-state index in [1.807, 2.05) is 41.6 Å². The van der Waals surface area contributed by atoms with E-state index >= 15 is 0 Å². The molecule has 5 rings (SSSR count). The van der Waals surface area contributed by atoms with Crippen LogP contribution in [0.5, 0.6) is 11.5 Å². The summed E-state index contributed by atoms with van der Waals surface area (Å²) in [6, 6.07) is 13.3. The Labute approximate surface area is 181 Å². The van der Waals surface area contributed by atoms with Gasteiger partial charge in [0.25, 0.3) is 5.91 Å². The van der Waals surface area contributed by atoms with Gasteiger partial charge in [0.05, 0.1) is 49.3 Å². The van der Waals surface area contributed by atoms with Gasteiger partial charge in [-0.25, -0.2) is 4.98 Å². The number of nitrogens with zero attached hydrogens (tertiary/aromatic N) is 3. The Morgan fingerprint density at radius 1 is 1.03 bits per heavy atom. The van der Waals surface area contributed by atoms with E-state index in [4.69, 9.17) is 9.47 Å². The maximum atomic E-state index is 13.3. The zero-order valence-electron chi connectivity index (χ0n) is 17.8. The van der Waals surface area contributed by atoms with E-state index in [2.05, 4.69) is 9.55 Å². The van der Waals surface area contributed by atoms with Gasteiger partial charge in [-0.1, -0.05) is 18.2 Å². The molecule has 1 saturated heterocycles. The minimum absolute atomic E-state index is 0.0324. The Kier molecular flexibility index (Phi) is 5.06. The molecule has 2 aromatic carbocycles. The third-order valence-corrected chi connectivity index (χ3v) is 6.87. The average molecular weight is 421 g/mol. The van der Waals surface area contributed by atoms with E-state index in [-0.39, 0.29) is 11.9 Å². The van der Waals surface area contributed by atoms with Crippen LogP contribution in [-0.4, -0.2) is 58.9 Å². The van der Waals surface area contributed by atoms with Crippen LogP contribution in [0.1, 0.15) is 29.2 Å². The molecule has 4 atom stereocenters. The molecule has 2 fully saturated rings. The van der Waals surface area contributed by atoms with Gasteiger partial charge in [-0.15, -0.1) is 0 Å². The van der Waals surface area contributed by atoms with Crippen LogP contribution in [0.2, 0.25) is 0 Å². The minimum atomic E-state index is -0.458. The summed E-state index contributed by atoms with van der Waals surface area (Å²) in [5.41, 5.74) is 2.49. The molecule has 31 heavy (non-hydrogen) atoms. The maximum absolute atomic E-state index is 13.3. The number of likely N-dealkylation sites (tertiary alicyclic amines) is 1. The van der Waals surface area contributed by atoms with Crippen molar-refractivity contribution in [2.45, 2.75) is 25.0 Å². The number of fused-ring (bicyclic) bond motifs is 2. The summed E-state index contributed by atoms with van der Waals surface area (Å²) in [5.74, 6) is 1.60. The van der Waals surface area contributed by atoms with Crippen molar-refractivity contribution in [2.75, 3.05) is 27.3 Å². The molecule has 1 N–H and O–H groups in total. The fraction of sp³-hybridized carbons (Fsp3) is 0.417. The normalized spacial score (nSPS) is 25.5. The number of ether oxygens (including phenoxy) is 2. The molecule has 7 nitrogen and oxygen atoms in total. The average Bonchev–Trinajstić information content (AvgIpc) is 3.41. The topological polar surface area (TPSA) is 76.8 Å². The Morgan fingerprint density at radius 3 is 2.58 bits per heavy atom. The number of aliphatic hydroxyl groups excluding tert-OH is 1. The van der Waals surface area contributed by atoms with Crippen LogP contribution in [-0.2, 0) is 0 Å². The summed E-state index contributed by atoms with van der Waals surface area (Å²) in [4.78, 5) is 19.7. The molecule has 3 aromatic rings. The van der Waals surface area contributed by atoms with Crippen molar-refractivity contribution in [1.82, 2.24) is 14.5 Å². The molecule has 0 unspecified atom stereocenters. The quantitative estimate of drug-likeness (QED) is 0.700. The summed E-state index contributed by atoms with van der Waals surface area (Å²) < 4.78 is 12.9. The number of methoxy groups -OCH3 is 2. The Balaban J connectivity index is 1.37. The lowest BCUT2D eigenvalue weighted by Gasteiger charge is -2.36. The molecule has 1 amide bonds. The van der Waals surface area contributed by atoms with Crippen molar-refractivity contribution < 1.29 is 19.4 Å². The van der Waals surface area contributed by atoms with Gasteiger partial charge < -0.3 is 24.0 Å². The zero-order chi connectivity index (χ0) is 21.5. The van der Waals surface area contributed by atoms with Crippen molar-refractivity contribution in [2.24, 2.45) is 11.8 Å². The predicted molar refractivity (Wildman–Crippen MR) is 116 cm³/mol. The van der Waals surface area contributed by atoms with E-state index in [0.29, 0.717) is 48.4 Å². The van der Waals surface area contributed by atoms with Gasteiger partial charge in [-0.2, -0.15) is 0 Å². The van der Waals surface area contributed by atoms with Crippen molar-refractivity contribution in [3.63, 3.8) is 0 Å². The van der Waals surface area contributed by atoms with Crippen LogP contribution in [0.3, 0.4) is 0 Å². The van der Waals surface area contributed by atoms with Crippen LogP contribution in [0.4, 0.5) is 0 Å². The number of aliphatic hydroxyl groups is 1. The van der Waals surface area contributed by atoms with Crippen LogP contribution in [0, 0.1) is 11.8 Å². The van der Waals surface area contributed by atoms with Crippen molar-refractivity contribution in [1.29, 1.82) is 0 Å². The standard InChI is InChI=1S/C24H27N3O4/c1-30-22-9-5-6-17(23(22)31-2)24(29)26-12-15-10-20(21(28)11-16(15)13-26)27-14-25-18-7-3-4-8-19(18)27/h3-9,14-16,20-21,28H,10-13H2,1-2H3/t15-,16+,20-,21-/m1/s1. The number of aromatic nitrogens is 2. The molecule has 1 aliphatic heterocycles. The first-order valence-electron chi connectivity index (χ1n) is 10.7. The van der Waals surface area contributed by atoms with Crippen LogP contribution in [0.15, 0.2) is 48.8 Å². The van der Waals surface area contributed by atoms with Gasteiger partial charge in [0.15, 0.2) is 11.5 Å². The van der Waals surface area contributed by atoms with Gasteiger partial charge in [-0.3, -0.25) is 4.79 Å². The predicted octanol–water partition coefficient (Wildman–Crippen LogP) is 3.14. The first kappa shape index (κ1) is 19.9. The fourth-order valence-electron chi connectivity index (χ4n) is 5.34. The molecule has 2 heterocycles. The molecule has 0 bridgehead atoms. The van der Waals surface area contributed by atoms with Gasteiger partial charge in [-0.05, 0) is 48.9 Å². The second-order valence-electron chi connectivity index (χ2n) is 8.52. The first-order valence-corrected chi connectivity index (χ1v) is 10.7. The molecule has 1 aromatic heterocycles. The van der Waals surface area contributed by atoms with E-state index in [1.165, 1.54) is 0 Å². The molecule has 0 radical (unpaired) electrons. The minimum Gasteiger partial charge on any atom is -0.493 e. The second-order valence-corrected chi connectivity index (χ2v) is 8.52. The summed E-state index contributed by atoms with van der Waals surface area (Å²) >= 11 is 0. The third-order valence-electron chi connectivity index (χ3n) is 6.87. The Hall–Kier alpha value is -3.06. The smallest absolute Gasteiger partial charge is 0.257 e. The van der Waals surface area contributed by atoms with E-state index in [1.54, 1.807) is 26.4 Å². The molecule has 7 heteroatoms. The highest BCUT2D eigenvalue weighted by Crippen LogP contribution is 2.43. The zero-order valence-corrected chi connectivity index (χ0v) is 17.8. The Morgan fingerprint density at radius 2 is 1.81 bits per heavy atom. The molecular weight excluding hydrogens is 394 g/mol. The number of carbonyl (C=O) groups is 1. The molecule has 2 aliphatic rings. The highest BCUT2D eigenvalue weighted by atomic mass is 16.5. The monoisotopic (exact) mass is 421 g/mol. The molecule has 1 saturated carbocycles. The first-order chi connectivity index (χ1) is 15.1. The molecule has 0 spiro atoms. The molecular formula is C24H27N3O4. The fourth-order valence-corrected chi connectivity index (χ4v) is 5.34. The van der Waals surface area contributed by atoms with Crippen LogP contribution >= 0.6 is 0 Å². The van der Waals surface area contributed by atoms with Crippen LogP contribution < -0.4 is 9.47 Å². The molecule has 1 aliphatic carbocycles. The number of imidazole rings is 1. The van der Waals surface area contributed by atoms with Gasteiger partial charge in [0, 0.05) is 13.1 Å². The number of benzene rings is 2. The highest BCUT2D eigenvalue weighted by molar-refractivity contribution is 5.98. The highest BCUT2D eigenvalue weighted by Gasteiger charge is 2.44. The van der Waals surface area contributed by atoms with Crippen molar-refractivity contribution >= 4 is 16.9 Å². The summed E-state index contributed by atoms with van der Waals surface area (Å²) in [6.45, 7) is 1.33. The largest absolute Gasteiger partial charge is 0.493 e. The summed E-state index contributed by atoms with van der Waals surface area (Å²) in [6.07, 6.45) is 2.88. The van der Waals surface area contributed by atoms with Crippen LogP contribution in [0.25, 0.3) is 11.0 Å². The number of hydrogen-bond donors (Lipinski definition) is 1. The van der Waals surface area contributed by atoms with Gasteiger partial charge >= 0.3 is 0 Å². The number of amides is 1.